The van der Waals surface area contributed by atoms with E-state index in [4.69, 9.17) is 5.73 Å². The van der Waals surface area contributed by atoms with Crippen molar-refractivity contribution in [3.63, 3.8) is 0 Å². The molecule has 102 valence electrons. The maximum Gasteiger partial charge on any atom is 0.139 e. The molecule has 2 N–H and O–H groups in total. The molecule has 2 rings (SSSR count). The first-order chi connectivity index (χ1) is 9.11. The number of nitrogens with zero attached hydrogens (tertiary/aromatic N) is 3. The Bertz CT molecular complexity index is 599. The molecule has 0 amide bonds. The number of nitrogen functional groups attached to an aromatic ring is 1. The predicted molar refractivity (Wildman–Crippen MR) is 79.0 cm³/mol. The smallest absolute Gasteiger partial charge is 0.139 e. The molecule has 1 unspecified atom stereocenters. The van der Waals surface area contributed by atoms with Crippen molar-refractivity contribution in [3.8, 4) is 0 Å². The Morgan fingerprint density at radius 2 is 2.26 bits per heavy atom. The van der Waals surface area contributed by atoms with Crippen molar-refractivity contribution >= 4 is 32.4 Å². The van der Waals surface area contributed by atoms with Gasteiger partial charge in [0.2, 0.25) is 0 Å². The van der Waals surface area contributed by atoms with E-state index in [-0.39, 0.29) is 0 Å². The largest absolute Gasteiger partial charge is 0.399 e. The molecule has 0 aliphatic rings. The van der Waals surface area contributed by atoms with Gasteiger partial charge in [0.15, 0.2) is 0 Å². The standard InChI is InChI=1S/C12H15BrN4OS/c1-2-5-17-12(15-8-16-17)7-19(18)11-4-3-9(14)6-10(11)13/h3-4,6,8H,2,5,7,14H2,1H3. The van der Waals surface area contributed by atoms with Crippen molar-refractivity contribution < 1.29 is 4.21 Å². The molecule has 0 radical (unpaired) electrons. The number of aryl methyl sites for hydroxylation is 1. The zero-order valence-electron chi connectivity index (χ0n) is 10.5. The van der Waals surface area contributed by atoms with Crippen LogP contribution in [0.1, 0.15) is 19.2 Å². The maximum atomic E-state index is 12.4. The highest BCUT2D eigenvalue weighted by Gasteiger charge is 2.13. The van der Waals surface area contributed by atoms with E-state index in [2.05, 4.69) is 32.9 Å². The molecule has 5 nitrogen and oxygen atoms in total. The molecule has 0 saturated carbocycles. The molecule has 7 heteroatoms. The molecule has 0 spiro atoms. The van der Waals surface area contributed by atoms with Crippen LogP contribution in [-0.4, -0.2) is 19.0 Å². The molecule has 1 atom stereocenters. The molecule has 0 saturated heterocycles. The van der Waals surface area contributed by atoms with Gasteiger partial charge in [0.25, 0.3) is 0 Å². The first kappa shape index (κ1) is 14.2. The minimum Gasteiger partial charge on any atom is -0.399 e. The zero-order chi connectivity index (χ0) is 13.8. The van der Waals surface area contributed by atoms with Gasteiger partial charge in [0.05, 0.1) is 21.4 Å². The van der Waals surface area contributed by atoms with E-state index in [1.54, 1.807) is 22.9 Å². The minimum atomic E-state index is -1.17. The Morgan fingerprint density at radius 1 is 1.47 bits per heavy atom. The first-order valence-corrected chi connectivity index (χ1v) is 8.03. The van der Waals surface area contributed by atoms with Crippen molar-refractivity contribution in [1.29, 1.82) is 0 Å². The summed E-state index contributed by atoms with van der Waals surface area (Å²) in [6.07, 6.45) is 2.47. The lowest BCUT2D eigenvalue weighted by molar-refractivity contribution is 0.579. The summed E-state index contributed by atoms with van der Waals surface area (Å²) in [7, 11) is -1.17. The highest BCUT2D eigenvalue weighted by molar-refractivity contribution is 9.10. The zero-order valence-corrected chi connectivity index (χ0v) is 12.9. The van der Waals surface area contributed by atoms with Gasteiger partial charge in [-0.1, -0.05) is 6.92 Å². The van der Waals surface area contributed by atoms with E-state index >= 15 is 0 Å². The number of halogens is 1. The van der Waals surface area contributed by atoms with E-state index in [1.807, 2.05) is 0 Å². The fourth-order valence-electron chi connectivity index (χ4n) is 1.70. The average Bonchev–Trinajstić information content (AvgIpc) is 2.77. The SMILES string of the molecule is CCCn1ncnc1CS(=O)c1ccc(N)cc1Br. The summed E-state index contributed by atoms with van der Waals surface area (Å²) >= 11 is 3.39. The summed E-state index contributed by atoms with van der Waals surface area (Å²) in [5.41, 5.74) is 6.31. The highest BCUT2D eigenvalue weighted by Crippen LogP contribution is 2.24. The third-order valence-electron chi connectivity index (χ3n) is 2.59. The molecule has 1 aromatic heterocycles. The summed E-state index contributed by atoms with van der Waals surface area (Å²) in [5.74, 6) is 1.09. The fourth-order valence-corrected chi connectivity index (χ4v) is 3.74. The van der Waals surface area contributed by atoms with Crippen LogP contribution in [0.2, 0.25) is 0 Å². The normalized spacial score (nSPS) is 12.5. The highest BCUT2D eigenvalue weighted by atomic mass is 79.9. The number of anilines is 1. The minimum absolute atomic E-state index is 0.350. The van der Waals surface area contributed by atoms with Crippen LogP contribution < -0.4 is 5.73 Å². The monoisotopic (exact) mass is 342 g/mol. The molecule has 0 fully saturated rings. The van der Waals surface area contributed by atoms with Crippen molar-refractivity contribution in [3.05, 3.63) is 34.8 Å². The van der Waals surface area contributed by atoms with E-state index in [0.717, 1.165) is 28.2 Å². The summed E-state index contributed by atoms with van der Waals surface area (Å²) in [6.45, 7) is 2.86. The Kier molecular flexibility index (Phi) is 4.71. The van der Waals surface area contributed by atoms with Crippen molar-refractivity contribution in [2.45, 2.75) is 30.5 Å². The Morgan fingerprint density at radius 3 is 2.95 bits per heavy atom. The van der Waals surface area contributed by atoms with Gasteiger partial charge in [-0.3, -0.25) is 4.21 Å². The lowest BCUT2D eigenvalue weighted by Gasteiger charge is -2.07. The average molecular weight is 343 g/mol. The second kappa shape index (κ2) is 6.29. The number of aromatic nitrogens is 3. The maximum absolute atomic E-state index is 12.4. The second-order valence-electron chi connectivity index (χ2n) is 4.08. The molecular formula is C12H15BrN4OS. The van der Waals surface area contributed by atoms with Crippen LogP contribution >= 0.6 is 15.9 Å². The van der Waals surface area contributed by atoms with Crippen LogP contribution in [0.5, 0.6) is 0 Å². The quantitative estimate of drug-likeness (QED) is 0.846. The van der Waals surface area contributed by atoms with Gasteiger partial charge in [-0.05, 0) is 40.5 Å². The van der Waals surface area contributed by atoms with Gasteiger partial charge < -0.3 is 5.73 Å². The Hall–Kier alpha value is -1.21. The summed E-state index contributed by atoms with van der Waals surface area (Å²) in [4.78, 5) is 4.89. The van der Waals surface area contributed by atoms with Gasteiger partial charge in [-0.15, -0.1) is 0 Å². The fraction of sp³-hybridized carbons (Fsp3) is 0.333. The molecule has 0 bridgehead atoms. The van der Waals surface area contributed by atoms with Gasteiger partial charge in [0, 0.05) is 16.7 Å². The summed E-state index contributed by atoms with van der Waals surface area (Å²) in [5, 5.41) is 4.13. The van der Waals surface area contributed by atoms with E-state index in [0.29, 0.717) is 11.4 Å². The Labute approximate surface area is 122 Å². The van der Waals surface area contributed by atoms with Crippen molar-refractivity contribution in [2.24, 2.45) is 0 Å². The van der Waals surface area contributed by atoms with Crippen LogP contribution in [0.15, 0.2) is 33.9 Å². The van der Waals surface area contributed by atoms with Gasteiger partial charge in [-0.25, -0.2) is 9.67 Å². The van der Waals surface area contributed by atoms with Crippen LogP contribution in [-0.2, 0) is 23.1 Å². The molecule has 1 heterocycles. The molecule has 0 aliphatic carbocycles. The van der Waals surface area contributed by atoms with Crippen LogP contribution in [0.3, 0.4) is 0 Å². The predicted octanol–water partition coefficient (Wildman–Crippen LogP) is 2.34. The van der Waals surface area contributed by atoms with Gasteiger partial charge in [0.1, 0.15) is 12.2 Å². The Balaban J connectivity index is 2.18. The third-order valence-corrected chi connectivity index (χ3v) is 4.88. The molecule has 1 aromatic carbocycles. The number of rotatable bonds is 5. The first-order valence-electron chi connectivity index (χ1n) is 5.92. The lowest BCUT2D eigenvalue weighted by Crippen LogP contribution is -2.08. The molecule has 19 heavy (non-hydrogen) atoms. The van der Waals surface area contributed by atoms with Crippen LogP contribution in [0, 0.1) is 0 Å². The third kappa shape index (κ3) is 3.42. The van der Waals surface area contributed by atoms with Gasteiger partial charge >= 0.3 is 0 Å². The molecular weight excluding hydrogens is 328 g/mol. The second-order valence-corrected chi connectivity index (χ2v) is 6.35. The number of benzene rings is 1. The number of hydrogen-bond donors (Lipinski definition) is 1. The topological polar surface area (TPSA) is 73.8 Å². The van der Waals surface area contributed by atoms with E-state index < -0.39 is 10.8 Å². The summed E-state index contributed by atoms with van der Waals surface area (Å²) in [6, 6.07) is 5.27. The molecule has 2 aromatic rings. The van der Waals surface area contributed by atoms with Crippen molar-refractivity contribution in [1.82, 2.24) is 14.8 Å². The number of hydrogen-bond acceptors (Lipinski definition) is 4. The number of nitrogens with two attached hydrogens (primary N) is 1. The van der Waals surface area contributed by atoms with E-state index in [9.17, 15) is 4.21 Å². The van der Waals surface area contributed by atoms with E-state index in [1.165, 1.54) is 6.33 Å². The van der Waals surface area contributed by atoms with Gasteiger partial charge in [-0.2, -0.15) is 5.10 Å². The van der Waals surface area contributed by atoms with Crippen molar-refractivity contribution in [2.75, 3.05) is 5.73 Å². The lowest BCUT2D eigenvalue weighted by atomic mass is 10.3. The molecule has 0 aliphatic heterocycles. The van der Waals surface area contributed by atoms with Crippen LogP contribution in [0.25, 0.3) is 0 Å². The summed E-state index contributed by atoms with van der Waals surface area (Å²) < 4.78 is 14.9. The van der Waals surface area contributed by atoms with Crippen LogP contribution in [0.4, 0.5) is 5.69 Å².